The molecule has 1 unspecified atom stereocenters. The van der Waals surface area contributed by atoms with Crippen LogP contribution in [0.1, 0.15) is 43.0 Å². The van der Waals surface area contributed by atoms with Gasteiger partial charge in [0.15, 0.2) is 17.3 Å². The molecule has 1 atom stereocenters. The van der Waals surface area contributed by atoms with E-state index < -0.39 is 0 Å². The Morgan fingerprint density at radius 3 is 2.66 bits per heavy atom. The van der Waals surface area contributed by atoms with E-state index in [9.17, 15) is 9.59 Å². The van der Waals surface area contributed by atoms with Crippen LogP contribution in [0.4, 0.5) is 5.69 Å². The van der Waals surface area contributed by atoms with E-state index in [4.69, 9.17) is 30.5 Å². The lowest BCUT2D eigenvalue weighted by molar-refractivity contribution is -0.116. The third-order valence-electron chi connectivity index (χ3n) is 5.04. The highest BCUT2D eigenvalue weighted by Gasteiger charge is 2.17. The van der Waals surface area contributed by atoms with Crippen LogP contribution in [0.2, 0.25) is 5.02 Å². The first-order valence-electron chi connectivity index (χ1n) is 10.6. The molecular formula is C24H28ClNO6. The van der Waals surface area contributed by atoms with Crippen LogP contribution in [0.25, 0.3) is 0 Å². The van der Waals surface area contributed by atoms with Gasteiger partial charge in [0.2, 0.25) is 5.91 Å². The van der Waals surface area contributed by atoms with E-state index in [1.807, 2.05) is 0 Å². The average Bonchev–Trinajstić information content (AvgIpc) is 3.29. The lowest BCUT2D eigenvalue weighted by Crippen LogP contribution is -2.18. The Bertz CT molecular complexity index is 942. The van der Waals surface area contributed by atoms with Gasteiger partial charge in [0.1, 0.15) is 12.4 Å². The zero-order chi connectivity index (χ0) is 22.9. The van der Waals surface area contributed by atoms with E-state index in [0.717, 1.165) is 19.4 Å². The number of amides is 1. The van der Waals surface area contributed by atoms with Gasteiger partial charge in [-0.2, -0.15) is 0 Å². The summed E-state index contributed by atoms with van der Waals surface area (Å²) < 4.78 is 22.4. The molecule has 32 heavy (non-hydrogen) atoms. The van der Waals surface area contributed by atoms with Gasteiger partial charge in [0.25, 0.3) is 0 Å². The molecule has 0 spiro atoms. The number of ketones is 1. The normalized spacial score (nSPS) is 15.3. The summed E-state index contributed by atoms with van der Waals surface area (Å²) in [5, 5.41) is 3.37. The molecule has 8 heteroatoms. The second-order valence-corrected chi connectivity index (χ2v) is 7.94. The predicted molar refractivity (Wildman–Crippen MR) is 122 cm³/mol. The van der Waals surface area contributed by atoms with Crippen molar-refractivity contribution >= 4 is 29.0 Å². The number of hydrogen-bond donors (Lipinski definition) is 1. The topological polar surface area (TPSA) is 83.1 Å². The quantitative estimate of drug-likeness (QED) is 0.378. The minimum absolute atomic E-state index is 0.0494. The number of ether oxygens (including phenoxy) is 4. The molecule has 1 aliphatic heterocycles. The Balaban J connectivity index is 1.48. The molecule has 7 nitrogen and oxygen atoms in total. The van der Waals surface area contributed by atoms with Gasteiger partial charge in [-0.1, -0.05) is 11.6 Å². The first-order chi connectivity index (χ1) is 15.5. The second kappa shape index (κ2) is 11.7. The summed E-state index contributed by atoms with van der Waals surface area (Å²) in [6.07, 6.45) is 2.83. The maximum atomic E-state index is 12.4. The summed E-state index contributed by atoms with van der Waals surface area (Å²) in [5.41, 5.74) is 1.08. The maximum absolute atomic E-state index is 12.4. The summed E-state index contributed by atoms with van der Waals surface area (Å²) in [5.74, 6) is 1.35. The molecule has 0 aromatic heterocycles. The van der Waals surface area contributed by atoms with E-state index in [1.165, 1.54) is 14.0 Å². The molecule has 1 heterocycles. The van der Waals surface area contributed by atoms with Gasteiger partial charge in [-0.25, -0.2) is 0 Å². The third-order valence-corrected chi connectivity index (χ3v) is 5.28. The van der Waals surface area contributed by atoms with Gasteiger partial charge in [0.05, 0.1) is 25.5 Å². The van der Waals surface area contributed by atoms with Crippen LogP contribution >= 0.6 is 11.6 Å². The van der Waals surface area contributed by atoms with Gasteiger partial charge < -0.3 is 24.3 Å². The summed E-state index contributed by atoms with van der Waals surface area (Å²) >= 11 is 6.10. The number of anilines is 1. The van der Waals surface area contributed by atoms with E-state index >= 15 is 0 Å². The minimum atomic E-state index is -0.170. The molecule has 2 aromatic rings. The highest BCUT2D eigenvalue weighted by atomic mass is 35.5. The molecule has 172 valence electrons. The SMILES string of the molecule is COc1cc(C(C)=O)ccc1OCCCC(=O)Nc1cc(Cl)ccc1OCC1CCCO1. The summed E-state index contributed by atoms with van der Waals surface area (Å²) in [4.78, 5) is 23.9. The van der Waals surface area contributed by atoms with Crippen LogP contribution in [0.5, 0.6) is 17.2 Å². The van der Waals surface area contributed by atoms with Crippen LogP contribution in [-0.2, 0) is 9.53 Å². The predicted octanol–water partition coefficient (Wildman–Crippen LogP) is 4.91. The van der Waals surface area contributed by atoms with Crippen molar-refractivity contribution in [3.05, 3.63) is 47.0 Å². The van der Waals surface area contributed by atoms with Crippen molar-refractivity contribution in [2.24, 2.45) is 0 Å². The van der Waals surface area contributed by atoms with Crippen LogP contribution in [0.15, 0.2) is 36.4 Å². The number of carbonyl (C=O) groups is 2. The molecule has 1 amide bonds. The van der Waals surface area contributed by atoms with Crippen molar-refractivity contribution in [2.75, 3.05) is 32.2 Å². The molecule has 1 saturated heterocycles. The van der Waals surface area contributed by atoms with Gasteiger partial charge in [0, 0.05) is 23.6 Å². The lowest BCUT2D eigenvalue weighted by Gasteiger charge is -2.16. The molecule has 0 radical (unpaired) electrons. The Kier molecular flexibility index (Phi) is 8.76. The summed E-state index contributed by atoms with van der Waals surface area (Å²) in [6, 6.07) is 10.2. The van der Waals surface area contributed by atoms with E-state index in [2.05, 4.69) is 5.32 Å². The van der Waals surface area contributed by atoms with Crippen molar-refractivity contribution < 1.29 is 28.5 Å². The van der Waals surface area contributed by atoms with Gasteiger partial charge in [-0.3, -0.25) is 9.59 Å². The van der Waals surface area contributed by atoms with Crippen molar-refractivity contribution in [1.82, 2.24) is 0 Å². The standard InChI is InChI=1S/C24H28ClNO6/c1-16(27)17-7-9-22(23(13-17)29-2)31-12-4-6-24(28)26-20-14-18(25)8-10-21(20)32-15-19-5-3-11-30-19/h7-10,13-14,19H,3-6,11-12,15H2,1-2H3,(H,26,28). The molecule has 2 aromatic carbocycles. The molecule has 0 saturated carbocycles. The van der Waals surface area contributed by atoms with Crippen molar-refractivity contribution in [3.63, 3.8) is 0 Å². The zero-order valence-corrected chi connectivity index (χ0v) is 19.1. The Labute approximate surface area is 192 Å². The van der Waals surface area contributed by atoms with E-state index in [0.29, 0.717) is 53.2 Å². The number of benzene rings is 2. The first-order valence-corrected chi connectivity index (χ1v) is 11.0. The fraction of sp³-hybridized carbons (Fsp3) is 0.417. The Morgan fingerprint density at radius 2 is 1.94 bits per heavy atom. The highest BCUT2D eigenvalue weighted by Crippen LogP contribution is 2.30. The van der Waals surface area contributed by atoms with E-state index in [1.54, 1.807) is 36.4 Å². The average molecular weight is 462 g/mol. The largest absolute Gasteiger partial charge is 0.493 e. The number of hydrogen-bond acceptors (Lipinski definition) is 6. The molecule has 0 aliphatic carbocycles. The van der Waals surface area contributed by atoms with Crippen molar-refractivity contribution in [2.45, 2.75) is 38.7 Å². The molecule has 1 N–H and O–H groups in total. The van der Waals surface area contributed by atoms with Gasteiger partial charge >= 0.3 is 0 Å². The van der Waals surface area contributed by atoms with Crippen LogP contribution < -0.4 is 19.5 Å². The number of carbonyl (C=O) groups excluding carboxylic acids is 2. The molecular weight excluding hydrogens is 434 g/mol. The fourth-order valence-electron chi connectivity index (χ4n) is 3.32. The summed E-state index contributed by atoms with van der Waals surface area (Å²) in [6.45, 7) is 3.00. The number of rotatable bonds is 11. The van der Waals surface area contributed by atoms with Crippen LogP contribution in [0, 0.1) is 0 Å². The number of halogens is 1. The number of nitrogens with one attached hydrogen (secondary N) is 1. The van der Waals surface area contributed by atoms with Crippen molar-refractivity contribution in [3.8, 4) is 17.2 Å². The number of Topliss-reactive ketones (excluding diaryl/α,β-unsaturated/α-hetero) is 1. The molecule has 1 aliphatic rings. The summed E-state index contributed by atoms with van der Waals surface area (Å²) in [7, 11) is 1.52. The molecule has 1 fully saturated rings. The maximum Gasteiger partial charge on any atom is 0.224 e. The fourth-order valence-corrected chi connectivity index (χ4v) is 3.49. The smallest absolute Gasteiger partial charge is 0.224 e. The Hall–Kier alpha value is -2.77. The minimum Gasteiger partial charge on any atom is -0.493 e. The highest BCUT2D eigenvalue weighted by molar-refractivity contribution is 6.31. The van der Waals surface area contributed by atoms with Crippen LogP contribution in [-0.4, -0.2) is 44.7 Å². The van der Waals surface area contributed by atoms with Gasteiger partial charge in [-0.15, -0.1) is 0 Å². The zero-order valence-electron chi connectivity index (χ0n) is 18.3. The monoisotopic (exact) mass is 461 g/mol. The van der Waals surface area contributed by atoms with E-state index in [-0.39, 0.29) is 24.2 Å². The first kappa shape index (κ1) is 23.9. The van der Waals surface area contributed by atoms with Crippen LogP contribution in [0.3, 0.4) is 0 Å². The Morgan fingerprint density at radius 1 is 1.12 bits per heavy atom. The second-order valence-electron chi connectivity index (χ2n) is 7.51. The molecule has 0 bridgehead atoms. The van der Waals surface area contributed by atoms with Gasteiger partial charge in [-0.05, 0) is 62.6 Å². The number of methoxy groups -OCH3 is 1. The third kappa shape index (κ3) is 6.87. The van der Waals surface area contributed by atoms with Crippen molar-refractivity contribution in [1.29, 1.82) is 0 Å². The lowest BCUT2D eigenvalue weighted by atomic mass is 10.1. The molecule has 3 rings (SSSR count).